The molecule has 0 rings (SSSR count). The Morgan fingerprint density at radius 1 is 0.545 bits per heavy atom. The SMILES string of the molecule is O.O.[NH-]CC[NH-].[NH-]CC[NH-].[Zn]. The van der Waals surface area contributed by atoms with Crippen LogP contribution in [0.1, 0.15) is 0 Å². The van der Waals surface area contributed by atoms with Crippen molar-refractivity contribution in [3.63, 3.8) is 0 Å². The maximum Gasteiger partial charge on any atom is 0 e. The van der Waals surface area contributed by atoms with Gasteiger partial charge in [0, 0.05) is 19.5 Å². The first-order valence-electron chi connectivity index (χ1n) is 2.41. The summed E-state index contributed by atoms with van der Waals surface area (Å²) in [6.07, 6.45) is 0. The summed E-state index contributed by atoms with van der Waals surface area (Å²) >= 11 is 0. The minimum atomic E-state index is 0. The Morgan fingerprint density at radius 2 is 0.636 bits per heavy atom. The average Bonchev–Trinajstić information content (AvgIpc) is 1.88. The molecule has 0 unspecified atom stereocenters. The molecule has 7 heteroatoms. The summed E-state index contributed by atoms with van der Waals surface area (Å²) < 4.78 is 0. The summed E-state index contributed by atoms with van der Waals surface area (Å²) in [5.74, 6) is 0. The van der Waals surface area contributed by atoms with Gasteiger partial charge in [0.15, 0.2) is 0 Å². The van der Waals surface area contributed by atoms with Gasteiger partial charge in [0.05, 0.1) is 0 Å². The Kier molecular flexibility index (Phi) is 130. The van der Waals surface area contributed by atoms with Gasteiger partial charge in [-0.1, -0.05) is 0 Å². The van der Waals surface area contributed by atoms with Crippen LogP contribution in [0.4, 0.5) is 0 Å². The van der Waals surface area contributed by atoms with Crippen molar-refractivity contribution in [2.45, 2.75) is 0 Å². The minimum Gasteiger partial charge on any atom is -0.679 e. The first-order valence-corrected chi connectivity index (χ1v) is 2.41. The van der Waals surface area contributed by atoms with E-state index >= 15 is 0 Å². The molecule has 0 saturated heterocycles. The van der Waals surface area contributed by atoms with Crippen molar-refractivity contribution in [1.82, 2.24) is 0 Å². The molecular weight excluding hydrogens is 201 g/mol. The zero-order valence-electron chi connectivity index (χ0n) is 6.54. The van der Waals surface area contributed by atoms with E-state index in [2.05, 4.69) is 0 Å². The van der Waals surface area contributed by atoms with Gasteiger partial charge < -0.3 is 33.9 Å². The van der Waals surface area contributed by atoms with Crippen LogP contribution in [0.25, 0.3) is 22.9 Å². The van der Waals surface area contributed by atoms with Crippen LogP contribution in [0.2, 0.25) is 0 Å². The van der Waals surface area contributed by atoms with Gasteiger partial charge in [-0.15, -0.1) is 0 Å². The van der Waals surface area contributed by atoms with Gasteiger partial charge in [-0.05, 0) is 0 Å². The molecule has 0 aromatic rings. The fourth-order valence-corrected chi connectivity index (χ4v) is 0. The smallest absolute Gasteiger partial charge is 0 e. The quantitative estimate of drug-likeness (QED) is 0.591. The molecule has 0 aliphatic heterocycles. The Balaban J connectivity index is -0.0000000171. The minimum absolute atomic E-state index is 0. The van der Waals surface area contributed by atoms with Crippen LogP contribution < -0.4 is 0 Å². The van der Waals surface area contributed by atoms with Crippen LogP contribution in [0.15, 0.2) is 0 Å². The predicted molar refractivity (Wildman–Crippen MR) is 44.0 cm³/mol. The van der Waals surface area contributed by atoms with E-state index in [1.54, 1.807) is 0 Å². The number of rotatable bonds is 2. The largest absolute Gasteiger partial charge is 0.679 e. The summed E-state index contributed by atoms with van der Waals surface area (Å²) in [6.45, 7) is 0.944. The van der Waals surface area contributed by atoms with Crippen molar-refractivity contribution in [1.29, 1.82) is 0 Å². The second-order valence-corrected chi connectivity index (χ2v) is 1.000. The van der Waals surface area contributed by atoms with E-state index in [-0.39, 0.29) is 56.6 Å². The molecule has 8 N–H and O–H groups in total. The van der Waals surface area contributed by atoms with Crippen LogP contribution in [0, 0.1) is 0 Å². The molecule has 0 atom stereocenters. The molecule has 0 aliphatic rings. The molecule has 6 nitrogen and oxygen atoms in total. The van der Waals surface area contributed by atoms with E-state index in [1.807, 2.05) is 0 Å². The number of hydrogen-bond acceptors (Lipinski definition) is 0. The van der Waals surface area contributed by atoms with E-state index in [1.165, 1.54) is 0 Å². The first kappa shape index (κ1) is 30.1. The van der Waals surface area contributed by atoms with Crippen LogP contribution in [0.3, 0.4) is 0 Å². The Bertz CT molecular complexity index is 28.1. The second-order valence-electron chi connectivity index (χ2n) is 1.000. The average molecular weight is 218 g/mol. The summed E-state index contributed by atoms with van der Waals surface area (Å²) in [6, 6.07) is 0. The molecular formula is C4H16N4O2Zn-4. The van der Waals surface area contributed by atoms with Gasteiger partial charge in [-0.2, -0.15) is 26.2 Å². The summed E-state index contributed by atoms with van der Waals surface area (Å²) in [5, 5.41) is 0. The number of hydrogen-bond donors (Lipinski definition) is 0. The predicted octanol–water partition coefficient (Wildman–Crippen LogP) is 0.530. The van der Waals surface area contributed by atoms with Crippen molar-refractivity contribution in [2.75, 3.05) is 26.2 Å². The molecule has 0 spiro atoms. The molecule has 0 aliphatic carbocycles. The zero-order valence-corrected chi connectivity index (χ0v) is 9.50. The summed E-state index contributed by atoms with van der Waals surface area (Å²) in [5.41, 5.74) is 25.1. The zero-order chi connectivity index (χ0) is 6.83. The van der Waals surface area contributed by atoms with Gasteiger partial charge >= 0.3 is 0 Å². The van der Waals surface area contributed by atoms with Crippen molar-refractivity contribution in [2.24, 2.45) is 0 Å². The maximum atomic E-state index is 6.26. The molecule has 0 fully saturated rings. The number of nitrogens with one attached hydrogen (secondary N) is 4. The molecule has 11 heavy (non-hydrogen) atoms. The van der Waals surface area contributed by atoms with E-state index in [0.717, 1.165) is 0 Å². The third-order valence-electron chi connectivity index (χ3n) is 0.250. The Hall–Kier alpha value is 0.383. The molecule has 0 heterocycles. The van der Waals surface area contributed by atoms with Crippen molar-refractivity contribution < 1.29 is 30.4 Å². The van der Waals surface area contributed by atoms with Crippen LogP contribution in [0.5, 0.6) is 0 Å². The normalized spacial score (nSPS) is 5.45. The van der Waals surface area contributed by atoms with Gasteiger partial charge in [-0.25, -0.2) is 0 Å². The van der Waals surface area contributed by atoms with E-state index in [0.29, 0.717) is 0 Å². The molecule has 0 bridgehead atoms. The molecule has 70 valence electrons. The molecule has 0 saturated carbocycles. The van der Waals surface area contributed by atoms with Crippen LogP contribution >= 0.6 is 0 Å². The fraction of sp³-hybridized carbons (Fsp3) is 1.00. The summed E-state index contributed by atoms with van der Waals surface area (Å²) in [7, 11) is 0. The maximum absolute atomic E-state index is 6.26. The monoisotopic (exact) mass is 216 g/mol. The fourth-order valence-electron chi connectivity index (χ4n) is 0. The third-order valence-corrected chi connectivity index (χ3v) is 0.250. The van der Waals surface area contributed by atoms with Crippen molar-refractivity contribution in [3.8, 4) is 0 Å². The summed E-state index contributed by atoms with van der Waals surface area (Å²) in [4.78, 5) is 0. The topological polar surface area (TPSA) is 158 Å². The molecule has 0 aromatic carbocycles. The van der Waals surface area contributed by atoms with Crippen LogP contribution in [-0.4, -0.2) is 37.1 Å². The molecule has 0 radical (unpaired) electrons. The van der Waals surface area contributed by atoms with E-state index in [4.69, 9.17) is 22.9 Å². The van der Waals surface area contributed by atoms with E-state index < -0.39 is 0 Å². The van der Waals surface area contributed by atoms with Gasteiger partial charge in [0.1, 0.15) is 0 Å². The third kappa shape index (κ3) is 128. The molecule has 0 amide bonds. The standard InChI is InChI=1S/2C2H6N2.2H2O.Zn/c2*3-1-2-4;;;/h2*3-4H,1-2H2;2*1H2;/q2*-2;;;. The van der Waals surface area contributed by atoms with Crippen molar-refractivity contribution in [3.05, 3.63) is 22.9 Å². The molecule has 0 aromatic heterocycles. The Morgan fingerprint density at radius 3 is 0.636 bits per heavy atom. The first-order chi connectivity index (χ1) is 3.83. The van der Waals surface area contributed by atoms with Gasteiger partial charge in [-0.3, -0.25) is 0 Å². The van der Waals surface area contributed by atoms with Crippen LogP contribution in [-0.2, 0) is 19.5 Å². The van der Waals surface area contributed by atoms with Gasteiger partial charge in [0.25, 0.3) is 0 Å². The van der Waals surface area contributed by atoms with Crippen molar-refractivity contribution >= 4 is 0 Å². The Labute approximate surface area is 80.0 Å². The second kappa shape index (κ2) is 47.6. The van der Waals surface area contributed by atoms with E-state index in [9.17, 15) is 0 Å². The van der Waals surface area contributed by atoms with Gasteiger partial charge in [0.2, 0.25) is 0 Å².